The summed E-state index contributed by atoms with van der Waals surface area (Å²) in [6, 6.07) is 23.1. The Balaban J connectivity index is 1.56. The molecule has 0 unspecified atom stereocenters. The summed E-state index contributed by atoms with van der Waals surface area (Å²) in [4.78, 5) is 0. The van der Waals surface area contributed by atoms with Crippen molar-refractivity contribution in [1.82, 2.24) is 9.13 Å². The second kappa shape index (κ2) is 8.30. The minimum Gasteiger partial charge on any atom is -0.314 e. The van der Waals surface area contributed by atoms with Crippen LogP contribution in [0.5, 0.6) is 0 Å². The highest BCUT2D eigenvalue weighted by Gasteiger charge is 2.06. The van der Waals surface area contributed by atoms with E-state index in [4.69, 9.17) is 23.2 Å². The van der Waals surface area contributed by atoms with E-state index in [1.165, 1.54) is 0 Å². The van der Waals surface area contributed by atoms with E-state index in [1.807, 2.05) is 94.3 Å². The molecule has 0 spiro atoms. The highest BCUT2D eigenvalue weighted by Crippen LogP contribution is 2.22. The smallest absolute Gasteiger partial charge is 0.0736 e. The highest BCUT2D eigenvalue weighted by atomic mass is 35.5. The van der Waals surface area contributed by atoms with Gasteiger partial charge in [-0.2, -0.15) is 10.2 Å². The molecule has 0 radical (unpaired) electrons. The van der Waals surface area contributed by atoms with E-state index in [0.29, 0.717) is 10.0 Å². The summed E-state index contributed by atoms with van der Waals surface area (Å²) in [6.07, 6.45) is 7.27. The Bertz CT molecular complexity index is 1060. The van der Waals surface area contributed by atoms with Crippen molar-refractivity contribution < 1.29 is 0 Å². The number of nitrogens with zero attached hydrogens (tertiary/aromatic N) is 4. The van der Waals surface area contributed by atoms with E-state index < -0.39 is 0 Å². The predicted molar refractivity (Wildman–Crippen MR) is 117 cm³/mol. The molecule has 4 rings (SSSR count). The number of para-hydroxylation sites is 2. The van der Waals surface area contributed by atoms with Crippen LogP contribution in [0.3, 0.4) is 0 Å². The minimum absolute atomic E-state index is 0.675. The zero-order valence-corrected chi connectivity index (χ0v) is 16.3. The third kappa shape index (κ3) is 3.79. The van der Waals surface area contributed by atoms with Crippen molar-refractivity contribution in [2.75, 3.05) is 0 Å². The molecule has 2 aromatic carbocycles. The van der Waals surface area contributed by atoms with Crippen molar-refractivity contribution in [3.05, 3.63) is 107 Å². The molecule has 0 fully saturated rings. The van der Waals surface area contributed by atoms with E-state index in [2.05, 4.69) is 10.2 Å². The van der Waals surface area contributed by atoms with Gasteiger partial charge in [-0.1, -0.05) is 47.5 Å². The molecular formula is C22H16Cl2N4. The molecule has 4 nitrogen and oxygen atoms in total. The summed E-state index contributed by atoms with van der Waals surface area (Å²) in [6.45, 7) is 0. The molecule has 0 aliphatic heterocycles. The highest BCUT2D eigenvalue weighted by molar-refractivity contribution is 6.32. The van der Waals surface area contributed by atoms with Crippen molar-refractivity contribution in [2.45, 2.75) is 0 Å². The lowest BCUT2D eigenvalue weighted by Gasteiger charge is -2.08. The first-order valence-electron chi connectivity index (χ1n) is 8.65. The third-order valence-corrected chi connectivity index (χ3v) is 4.87. The maximum atomic E-state index is 6.30. The minimum atomic E-state index is 0.675. The van der Waals surface area contributed by atoms with Gasteiger partial charge in [0.1, 0.15) is 0 Å². The van der Waals surface area contributed by atoms with Gasteiger partial charge in [0.15, 0.2) is 0 Å². The number of aromatic nitrogens is 2. The van der Waals surface area contributed by atoms with Gasteiger partial charge in [-0.3, -0.25) is 0 Å². The van der Waals surface area contributed by atoms with E-state index in [1.54, 1.807) is 12.4 Å². The van der Waals surface area contributed by atoms with Gasteiger partial charge in [-0.05, 0) is 48.5 Å². The van der Waals surface area contributed by atoms with Gasteiger partial charge in [0.05, 0.1) is 45.2 Å². The molecule has 28 heavy (non-hydrogen) atoms. The first-order chi connectivity index (χ1) is 13.7. The molecule has 6 heteroatoms. The van der Waals surface area contributed by atoms with E-state index in [9.17, 15) is 0 Å². The van der Waals surface area contributed by atoms with Crippen LogP contribution in [-0.4, -0.2) is 21.6 Å². The van der Waals surface area contributed by atoms with Crippen molar-refractivity contribution in [1.29, 1.82) is 0 Å². The molecule has 0 atom stereocenters. The van der Waals surface area contributed by atoms with Crippen LogP contribution in [0.2, 0.25) is 10.0 Å². The molecule has 0 saturated carbocycles. The quantitative estimate of drug-likeness (QED) is 0.286. The molecular weight excluding hydrogens is 391 g/mol. The third-order valence-electron chi connectivity index (χ3n) is 4.23. The summed E-state index contributed by atoms with van der Waals surface area (Å²) in [7, 11) is 0. The average Bonchev–Trinajstić information content (AvgIpc) is 3.35. The normalized spacial score (nSPS) is 11.6. The monoisotopic (exact) mass is 406 g/mol. The number of rotatable bonds is 5. The standard InChI is InChI=1S/C22H16Cl2N4/c23-19-9-1-3-11-21(19)27-13-5-7-17(27)15-25-26-16-18-8-6-14-28(18)22-12-4-2-10-20(22)24/h1-16H/b25-15-,26-16-. The lowest BCUT2D eigenvalue weighted by atomic mass is 10.3. The van der Waals surface area contributed by atoms with E-state index in [-0.39, 0.29) is 0 Å². The summed E-state index contributed by atoms with van der Waals surface area (Å²) >= 11 is 12.6. The Morgan fingerprint density at radius 2 is 1.00 bits per heavy atom. The van der Waals surface area contributed by atoms with Gasteiger partial charge >= 0.3 is 0 Å². The van der Waals surface area contributed by atoms with Crippen molar-refractivity contribution >= 4 is 35.6 Å². The first-order valence-corrected chi connectivity index (χ1v) is 9.40. The number of benzene rings is 2. The van der Waals surface area contributed by atoms with Crippen LogP contribution in [0.25, 0.3) is 11.4 Å². The van der Waals surface area contributed by atoms with Crippen LogP contribution in [0.15, 0.2) is 95.4 Å². The zero-order valence-electron chi connectivity index (χ0n) is 14.8. The fourth-order valence-corrected chi connectivity index (χ4v) is 3.37. The Labute approximate surface area is 173 Å². The van der Waals surface area contributed by atoms with Crippen molar-refractivity contribution in [3.8, 4) is 11.4 Å². The summed E-state index contributed by atoms with van der Waals surface area (Å²) in [5.74, 6) is 0. The SMILES string of the molecule is Clc1ccccc1-n1cccc1/C=N\N=C/c1cccn1-c1ccccc1Cl. The second-order valence-corrected chi connectivity index (χ2v) is 6.81. The lowest BCUT2D eigenvalue weighted by Crippen LogP contribution is -1.99. The first kappa shape index (κ1) is 18.3. The largest absolute Gasteiger partial charge is 0.314 e. The maximum absolute atomic E-state index is 6.30. The van der Waals surface area contributed by atoms with Gasteiger partial charge in [0.25, 0.3) is 0 Å². The molecule has 138 valence electrons. The molecule has 0 saturated heterocycles. The number of hydrogen-bond acceptors (Lipinski definition) is 2. The molecule has 2 aromatic heterocycles. The average molecular weight is 407 g/mol. The molecule has 0 aliphatic rings. The molecule has 0 aliphatic carbocycles. The van der Waals surface area contributed by atoms with Crippen LogP contribution < -0.4 is 0 Å². The fraction of sp³-hybridized carbons (Fsp3) is 0. The Hall–Kier alpha value is -3.08. The van der Waals surface area contributed by atoms with E-state index >= 15 is 0 Å². The Morgan fingerprint density at radius 3 is 1.43 bits per heavy atom. The van der Waals surface area contributed by atoms with E-state index in [0.717, 1.165) is 22.8 Å². The van der Waals surface area contributed by atoms with Crippen LogP contribution in [-0.2, 0) is 0 Å². The Kier molecular flexibility index (Phi) is 5.42. The molecule has 4 aromatic rings. The molecule has 2 heterocycles. The molecule has 0 bridgehead atoms. The van der Waals surface area contributed by atoms with Crippen LogP contribution in [0.4, 0.5) is 0 Å². The van der Waals surface area contributed by atoms with Gasteiger partial charge in [0.2, 0.25) is 0 Å². The van der Waals surface area contributed by atoms with Gasteiger partial charge in [0, 0.05) is 12.4 Å². The molecule has 0 amide bonds. The summed E-state index contributed by atoms with van der Waals surface area (Å²) in [5.41, 5.74) is 3.55. The lowest BCUT2D eigenvalue weighted by molar-refractivity contribution is 1.06. The van der Waals surface area contributed by atoms with Crippen molar-refractivity contribution in [2.24, 2.45) is 10.2 Å². The van der Waals surface area contributed by atoms with Crippen LogP contribution in [0.1, 0.15) is 11.4 Å². The number of hydrogen-bond donors (Lipinski definition) is 0. The second-order valence-electron chi connectivity index (χ2n) is 6.00. The Morgan fingerprint density at radius 1 is 0.571 bits per heavy atom. The van der Waals surface area contributed by atoms with Gasteiger partial charge < -0.3 is 9.13 Å². The van der Waals surface area contributed by atoms with Gasteiger partial charge in [-0.15, -0.1) is 0 Å². The fourth-order valence-electron chi connectivity index (χ4n) is 2.92. The van der Waals surface area contributed by atoms with Crippen molar-refractivity contribution in [3.63, 3.8) is 0 Å². The predicted octanol–water partition coefficient (Wildman–Crippen LogP) is 6.03. The maximum Gasteiger partial charge on any atom is 0.0736 e. The van der Waals surface area contributed by atoms with Crippen LogP contribution >= 0.6 is 23.2 Å². The van der Waals surface area contributed by atoms with Gasteiger partial charge in [-0.25, -0.2) is 0 Å². The summed E-state index contributed by atoms with van der Waals surface area (Å²) in [5, 5.41) is 9.74. The molecule has 0 N–H and O–H groups in total. The van der Waals surface area contributed by atoms with Crippen LogP contribution in [0, 0.1) is 0 Å². The summed E-state index contributed by atoms with van der Waals surface area (Å²) < 4.78 is 3.93. The number of halogens is 2. The topological polar surface area (TPSA) is 34.6 Å². The zero-order chi connectivity index (χ0) is 19.3.